The van der Waals surface area contributed by atoms with Gasteiger partial charge in [0.15, 0.2) is 0 Å². The summed E-state index contributed by atoms with van der Waals surface area (Å²) < 4.78 is 5.44. The monoisotopic (exact) mass is 438 g/mol. The molecule has 2 aromatic carbocycles. The molecular formula is C24H27ClN4O2. The number of carbonyl (C=O) groups excluding carboxylic acids is 1. The second kappa shape index (κ2) is 9.62. The van der Waals surface area contributed by atoms with Gasteiger partial charge in [-0.2, -0.15) is 4.98 Å². The molecule has 1 aliphatic rings. The minimum absolute atomic E-state index is 0.0582. The molecule has 6 nitrogen and oxygen atoms in total. The second-order valence-electron chi connectivity index (χ2n) is 8.36. The van der Waals surface area contributed by atoms with Crippen LogP contribution in [0.4, 0.5) is 5.69 Å². The average molecular weight is 439 g/mol. The van der Waals surface area contributed by atoms with E-state index in [1.54, 1.807) is 12.1 Å². The quantitative estimate of drug-likeness (QED) is 0.560. The summed E-state index contributed by atoms with van der Waals surface area (Å²) in [5.41, 5.74) is 2.97. The van der Waals surface area contributed by atoms with Crippen LogP contribution in [0.15, 0.2) is 53.1 Å². The molecule has 1 aromatic heterocycles. The van der Waals surface area contributed by atoms with Crippen molar-refractivity contribution in [1.29, 1.82) is 0 Å². The van der Waals surface area contributed by atoms with Gasteiger partial charge in [0, 0.05) is 22.8 Å². The molecule has 1 aliphatic heterocycles. The van der Waals surface area contributed by atoms with Gasteiger partial charge >= 0.3 is 0 Å². The average Bonchev–Trinajstić information content (AvgIpc) is 3.23. The van der Waals surface area contributed by atoms with E-state index in [1.807, 2.05) is 24.3 Å². The molecule has 2 heterocycles. The van der Waals surface area contributed by atoms with Gasteiger partial charge < -0.3 is 9.84 Å². The van der Waals surface area contributed by atoms with E-state index in [4.69, 9.17) is 16.1 Å². The fourth-order valence-electron chi connectivity index (χ4n) is 3.84. The lowest BCUT2D eigenvalue weighted by molar-refractivity contribution is -0.121. The van der Waals surface area contributed by atoms with Crippen molar-refractivity contribution < 1.29 is 9.32 Å². The highest BCUT2D eigenvalue weighted by Crippen LogP contribution is 2.23. The van der Waals surface area contributed by atoms with Crippen LogP contribution in [0, 0.1) is 5.92 Å². The topological polar surface area (TPSA) is 71.3 Å². The van der Waals surface area contributed by atoms with Gasteiger partial charge in [-0.3, -0.25) is 9.69 Å². The highest BCUT2D eigenvalue weighted by Gasteiger charge is 2.27. The maximum Gasteiger partial charge on any atom is 0.241 e. The molecule has 0 radical (unpaired) electrons. The zero-order chi connectivity index (χ0) is 21.8. The second-order valence-corrected chi connectivity index (χ2v) is 8.80. The predicted molar refractivity (Wildman–Crippen MR) is 122 cm³/mol. The van der Waals surface area contributed by atoms with Gasteiger partial charge in [-0.25, -0.2) is 0 Å². The lowest BCUT2D eigenvalue weighted by atomic mass is 9.97. The lowest BCUT2D eigenvalue weighted by Gasteiger charge is -2.30. The first-order valence-corrected chi connectivity index (χ1v) is 11.1. The van der Waals surface area contributed by atoms with E-state index >= 15 is 0 Å². The molecule has 1 saturated heterocycles. The summed E-state index contributed by atoms with van der Waals surface area (Å²) in [5.74, 6) is 1.58. The Morgan fingerprint density at radius 1 is 1.19 bits per heavy atom. The van der Waals surface area contributed by atoms with Crippen molar-refractivity contribution in [3.8, 4) is 11.4 Å². The van der Waals surface area contributed by atoms with Crippen molar-refractivity contribution in [2.75, 3.05) is 18.4 Å². The van der Waals surface area contributed by atoms with Gasteiger partial charge in [0.05, 0.1) is 12.5 Å². The number of hydrogen-bond acceptors (Lipinski definition) is 5. The molecule has 1 N–H and O–H groups in total. The smallest absolute Gasteiger partial charge is 0.241 e. The third-order valence-corrected chi connectivity index (χ3v) is 5.90. The van der Waals surface area contributed by atoms with Crippen molar-refractivity contribution in [3.63, 3.8) is 0 Å². The first-order chi connectivity index (χ1) is 15.0. The Morgan fingerprint density at radius 3 is 2.65 bits per heavy atom. The van der Waals surface area contributed by atoms with Crippen molar-refractivity contribution in [3.05, 3.63) is 65.0 Å². The lowest BCUT2D eigenvalue weighted by Crippen LogP contribution is -2.40. The molecule has 1 amide bonds. The van der Waals surface area contributed by atoms with E-state index in [1.165, 1.54) is 5.56 Å². The van der Waals surface area contributed by atoms with Gasteiger partial charge in [-0.05, 0) is 67.3 Å². The number of amides is 1. The summed E-state index contributed by atoms with van der Waals surface area (Å²) in [7, 11) is 0. The Balaban J connectivity index is 1.34. The number of carbonyl (C=O) groups is 1. The van der Waals surface area contributed by atoms with Crippen LogP contribution in [0.1, 0.15) is 44.1 Å². The van der Waals surface area contributed by atoms with Gasteiger partial charge in [0.1, 0.15) is 0 Å². The van der Waals surface area contributed by atoms with E-state index in [0.29, 0.717) is 35.7 Å². The van der Waals surface area contributed by atoms with E-state index in [0.717, 1.165) is 30.6 Å². The Morgan fingerprint density at radius 2 is 1.94 bits per heavy atom. The normalized spacial score (nSPS) is 17.1. The first kappa shape index (κ1) is 21.5. The van der Waals surface area contributed by atoms with Crippen molar-refractivity contribution in [2.24, 2.45) is 5.92 Å². The van der Waals surface area contributed by atoms with Crippen LogP contribution in [-0.2, 0) is 11.3 Å². The number of nitrogens with one attached hydrogen (secondary N) is 1. The summed E-state index contributed by atoms with van der Waals surface area (Å²) in [6.45, 7) is 6.44. The SMILES string of the molecule is CC(C)c1ccc(NC(=O)C2CCCN(Cc3nc(-c4ccc(Cl)cc4)no3)C2)cc1. The molecule has 7 heteroatoms. The van der Waals surface area contributed by atoms with Crippen molar-refractivity contribution >= 4 is 23.2 Å². The van der Waals surface area contributed by atoms with Crippen LogP contribution in [-0.4, -0.2) is 34.0 Å². The van der Waals surface area contributed by atoms with Gasteiger partial charge in [0.25, 0.3) is 0 Å². The standard InChI is InChI=1S/C24H27ClN4O2/c1-16(2)17-7-11-21(12-8-17)26-24(30)19-4-3-13-29(14-19)15-22-27-23(28-31-22)18-5-9-20(25)10-6-18/h5-12,16,19H,3-4,13-15H2,1-2H3,(H,26,30). The number of nitrogens with zero attached hydrogens (tertiary/aromatic N) is 3. The molecule has 4 rings (SSSR count). The molecule has 3 aromatic rings. The highest BCUT2D eigenvalue weighted by atomic mass is 35.5. The van der Waals surface area contributed by atoms with E-state index in [2.05, 4.69) is 46.3 Å². The van der Waals surface area contributed by atoms with Crippen LogP contribution in [0.5, 0.6) is 0 Å². The Labute approximate surface area is 187 Å². The number of benzene rings is 2. The predicted octanol–water partition coefficient (Wildman–Crippen LogP) is 5.36. The zero-order valence-corrected chi connectivity index (χ0v) is 18.6. The van der Waals surface area contributed by atoms with Crippen molar-refractivity contribution in [2.45, 2.75) is 39.2 Å². The summed E-state index contributed by atoms with van der Waals surface area (Å²) in [4.78, 5) is 19.5. The Kier molecular flexibility index (Phi) is 6.68. The molecule has 0 aliphatic carbocycles. The number of hydrogen-bond donors (Lipinski definition) is 1. The van der Waals surface area contributed by atoms with Gasteiger partial charge in [-0.15, -0.1) is 0 Å². The molecule has 1 fully saturated rings. The van der Waals surface area contributed by atoms with E-state index in [9.17, 15) is 4.79 Å². The molecule has 0 spiro atoms. The Bertz CT molecular complexity index is 1010. The minimum Gasteiger partial charge on any atom is -0.338 e. The highest BCUT2D eigenvalue weighted by molar-refractivity contribution is 6.30. The summed E-state index contributed by atoms with van der Waals surface area (Å²) >= 11 is 5.94. The summed E-state index contributed by atoms with van der Waals surface area (Å²) in [6, 6.07) is 15.4. The third-order valence-electron chi connectivity index (χ3n) is 5.65. The van der Waals surface area contributed by atoms with Crippen LogP contribution < -0.4 is 5.32 Å². The number of piperidine rings is 1. The first-order valence-electron chi connectivity index (χ1n) is 10.7. The van der Waals surface area contributed by atoms with Crippen LogP contribution in [0.3, 0.4) is 0 Å². The molecule has 31 heavy (non-hydrogen) atoms. The number of likely N-dealkylation sites (tertiary alicyclic amines) is 1. The fourth-order valence-corrected chi connectivity index (χ4v) is 3.96. The minimum atomic E-state index is -0.0582. The molecular weight excluding hydrogens is 412 g/mol. The molecule has 0 bridgehead atoms. The van der Waals surface area contributed by atoms with E-state index < -0.39 is 0 Å². The van der Waals surface area contributed by atoms with Crippen molar-refractivity contribution in [1.82, 2.24) is 15.0 Å². The third kappa shape index (κ3) is 5.51. The van der Waals surface area contributed by atoms with Gasteiger partial charge in [-0.1, -0.05) is 42.7 Å². The maximum absolute atomic E-state index is 12.8. The number of aromatic nitrogens is 2. The largest absolute Gasteiger partial charge is 0.338 e. The molecule has 1 unspecified atom stereocenters. The van der Waals surface area contributed by atoms with Crippen LogP contribution >= 0.6 is 11.6 Å². The summed E-state index contributed by atoms with van der Waals surface area (Å²) in [6.07, 6.45) is 1.84. The maximum atomic E-state index is 12.8. The fraction of sp³-hybridized carbons (Fsp3) is 0.375. The number of anilines is 1. The zero-order valence-electron chi connectivity index (χ0n) is 17.8. The Hall–Kier alpha value is -2.70. The van der Waals surface area contributed by atoms with Gasteiger partial charge in [0.2, 0.25) is 17.6 Å². The number of rotatable bonds is 6. The molecule has 1 atom stereocenters. The molecule has 162 valence electrons. The van der Waals surface area contributed by atoms with E-state index in [-0.39, 0.29) is 11.8 Å². The van der Waals surface area contributed by atoms with Crippen LogP contribution in [0.2, 0.25) is 5.02 Å². The molecule has 0 saturated carbocycles. The summed E-state index contributed by atoms with van der Waals surface area (Å²) in [5, 5.41) is 7.81. The van der Waals surface area contributed by atoms with Crippen LogP contribution in [0.25, 0.3) is 11.4 Å². The number of halogens is 1.